The van der Waals surface area contributed by atoms with Gasteiger partial charge in [-0.25, -0.2) is 0 Å². The molecule has 0 saturated heterocycles. The predicted octanol–water partition coefficient (Wildman–Crippen LogP) is 4.31. The summed E-state index contributed by atoms with van der Waals surface area (Å²) in [6.45, 7) is 1.83. The van der Waals surface area contributed by atoms with Crippen molar-refractivity contribution < 1.29 is 9.72 Å². The van der Waals surface area contributed by atoms with Gasteiger partial charge in [0.05, 0.1) is 11.0 Å². The zero-order valence-corrected chi connectivity index (χ0v) is 14.4. The largest absolute Gasteiger partial charge is 0.377 e. The fourth-order valence-electron chi connectivity index (χ4n) is 2.53. The van der Waals surface area contributed by atoms with Gasteiger partial charge in [-0.2, -0.15) is 0 Å². The molecular formula is C18H18ClN3O3. The van der Waals surface area contributed by atoms with Crippen molar-refractivity contribution in [1.29, 1.82) is 0 Å². The smallest absolute Gasteiger partial charge is 0.293 e. The second-order valence-electron chi connectivity index (χ2n) is 6.16. The van der Waals surface area contributed by atoms with Crippen LogP contribution in [0.1, 0.15) is 41.7 Å². The average Bonchev–Trinajstić information content (AvgIpc) is 3.39. The molecule has 0 aromatic heterocycles. The van der Waals surface area contributed by atoms with Crippen LogP contribution in [0.2, 0.25) is 5.02 Å². The van der Waals surface area contributed by atoms with Crippen LogP contribution in [0, 0.1) is 10.1 Å². The first-order valence-electron chi connectivity index (χ1n) is 8.05. The number of nitro groups is 1. The highest BCUT2D eigenvalue weighted by Crippen LogP contribution is 2.31. The molecule has 1 saturated carbocycles. The van der Waals surface area contributed by atoms with E-state index >= 15 is 0 Å². The number of hydrogen-bond donors (Lipinski definition) is 2. The van der Waals surface area contributed by atoms with Crippen molar-refractivity contribution in [1.82, 2.24) is 5.32 Å². The van der Waals surface area contributed by atoms with Gasteiger partial charge >= 0.3 is 0 Å². The van der Waals surface area contributed by atoms with Crippen molar-refractivity contribution in [2.24, 2.45) is 0 Å². The minimum atomic E-state index is -0.470. The van der Waals surface area contributed by atoms with Crippen LogP contribution in [0.4, 0.5) is 11.4 Å². The molecule has 6 nitrogen and oxygen atoms in total. The molecule has 130 valence electrons. The van der Waals surface area contributed by atoms with Crippen LogP contribution in [0.25, 0.3) is 0 Å². The molecule has 0 bridgehead atoms. The summed E-state index contributed by atoms with van der Waals surface area (Å²) in [5.41, 5.74) is 1.48. The second-order valence-corrected chi connectivity index (χ2v) is 6.59. The normalized spacial score (nSPS) is 14.6. The van der Waals surface area contributed by atoms with E-state index in [1.165, 1.54) is 6.07 Å². The predicted molar refractivity (Wildman–Crippen MR) is 97.1 cm³/mol. The van der Waals surface area contributed by atoms with E-state index in [1.807, 2.05) is 19.1 Å². The molecule has 2 aromatic carbocycles. The molecule has 2 N–H and O–H groups in total. The van der Waals surface area contributed by atoms with Crippen molar-refractivity contribution in [3.63, 3.8) is 0 Å². The van der Waals surface area contributed by atoms with Crippen LogP contribution >= 0.6 is 11.6 Å². The molecule has 25 heavy (non-hydrogen) atoms. The summed E-state index contributed by atoms with van der Waals surface area (Å²) in [5.74, 6) is -0.367. The number of hydrogen-bond acceptors (Lipinski definition) is 4. The van der Waals surface area contributed by atoms with E-state index in [2.05, 4.69) is 10.6 Å². The maximum absolute atomic E-state index is 12.4. The lowest BCUT2D eigenvalue weighted by Gasteiger charge is -2.15. The number of nitrogens with zero attached hydrogens (tertiary/aromatic N) is 1. The Bertz CT molecular complexity index is 821. The van der Waals surface area contributed by atoms with E-state index in [-0.39, 0.29) is 23.2 Å². The lowest BCUT2D eigenvalue weighted by Crippen LogP contribution is -2.26. The number of benzene rings is 2. The molecule has 0 spiro atoms. The Balaban J connectivity index is 1.77. The Labute approximate surface area is 150 Å². The quantitative estimate of drug-likeness (QED) is 0.594. The topological polar surface area (TPSA) is 84.3 Å². The van der Waals surface area contributed by atoms with Crippen LogP contribution in [0.15, 0.2) is 42.5 Å². The number of carbonyl (C=O) groups excluding carboxylic acids is 1. The summed E-state index contributed by atoms with van der Waals surface area (Å²) in [6, 6.07) is 11.7. The molecule has 1 atom stereocenters. The monoisotopic (exact) mass is 359 g/mol. The van der Waals surface area contributed by atoms with Gasteiger partial charge in [0, 0.05) is 22.7 Å². The molecule has 3 rings (SSSR count). The van der Waals surface area contributed by atoms with Crippen LogP contribution < -0.4 is 10.6 Å². The molecule has 0 unspecified atom stereocenters. The number of rotatable bonds is 6. The maximum Gasteiger partial charge on any atom is 0.293 e. The average molecular weight is 360 g/mol. The molecule has 1 amide bonds. The van der Waals surface area contributed by atoms with E-state index in [4.69, 9.17) is 11.6 Å². The molecule has 0 aliphatic heterocycles. The summed E-state index contributed by atoms with van der Waals surface area (Å²) in [4.78, 5) is 23.3. The Kier molecular flexibility index (Phi) is 4.90. The zero-order chi connectivity index (χ0) is 18.0. The maximum atomic E-state index is 12.4. The Morgan fingerprint density at radius 2 is 2.04 bits per heavy atom. The van der Waals surface area contributed by atoms with E-state index in [0.717, 1.165) is 18.4 Å². The molecule has 0 heterocycles. The lowest BCUT2D eigenvalue weighted by molar-refractivity contribution is -0.384. The molecule has 1 aliphatic carbocycles. The highest BCUT2D eigenvalue weighted by molar-refractivity contribution is 6.30. The van der Waals surface area contributed by atoms with E-state index < -0.39 is 4.92 Å². The number of anilines is 1. The fourth-order valence-corrected chi connectivity index (χ4v) is 2.73. The zero-order valence-electron chi connectivity index (χ0n) is 13.7. The Morgan fingerprint density at radius 1 is 1.28 bits per heavy atom. The fraction of sp³-hybridized carbons (Fsp3) is 0.278. The van der Waals surface area contributed by atoms with Gasteiger partial charge in [-0.05, 0) is 49.6 Å². The van der Waals surface area contributed by atoms with Crippen molar-refractivity contribution in [3.05, 3.63) is 68.7 Å². The standard InChI is InChI=1S/C18H18ClN3O3/c1-11(12-3-2-4-14(19)9-12)20-18(23)13-5-8-16(21-15-6-7-15)17(10-13)22(24)25/h2-5,8-11,15,21H,6-7H2,1H3,(H,20,23)/t11-/m1/s1. The minimum Gasteiger partial charge on any atom is -0.377 e. The lowest BCUT2D eigenvalue weighted by atomic mass is 10.1. The third kappa shape index (κ3) is 4.28. The number of nitrogens with one attached hydrogen (secondary N) is 2. The summed E-state index contributed by atoms with van der Waals surface area (Å²) >= 11 is 5.97. The van der Waals surface area contributed by atoms with Crippen molar-refractivity contribution >= 4 is 28.9 Å². The molecule has 0 radical (unpaired) electrons. The van der Waals surface area contributed by atoms with Gasteiger partial charge in [-0.1, -0.05) is 23.7 Å². The van der Waals surface area contributed by atoms with Crippen LogP contribution in [0.5, 0.6) is 0 Å². The third-order valence-electron chi connectivity index (χ3n) is 4.09. The van der Waals surface area contributed by atoms with Crippen molar-refractivity contribution in [3.8, 4) is 0 Å². The number of amides is 1. The van der Waals surface area contributed by atoms with Gasteiger partial charge in [0.1, 0.15) is 5.69 Å². The van der Waals surface area contributed by atoms with E-state index in [9.17, 15) is 14.9 Å². The number of carbonyl (C=O) groups is 1. The number of nitro benzene ring substituents is 1. The van der Waals surface area contributed by atoms with E-state index in [0.29, 0.717) is 16.8 Å². The summed E-state index contributed by atoms with van der Waals surface area (Å²) in [6.07, 6.45) is 2.02. The highest BCUT2D eigenvalue weighted by atomic mass is 35.5. The summed E-state index contributed by atoms with van der Waals surface area (Å²) in [7, 11) is 0. The van der Waals surface area contributed by atoms with Gasteiger partial charge in [-0.3, -0.25) is 14.9 Å². The van der Waals surface area contributed by atoms with Crippen molar-refractivity contribution in [2.45, 2.75) is 31.8 Å². The van der Waals surface area contributed by atoms with Crippen LogP contribution in [0.3, 0.4) is 0 Å². The molecule has 7 heteroatoms. The van der Waals surface area contributed by atoms with Gasteiger partial charge in [-0.15, -0.1) is 0 Å². The summed E-state index contributed by atoms with van der Waals surface area (Å²) in [5, 5.41) is 17.8. The first-order chi connectivity index (χ1) is 11.9. The second kappa shape index (κ2) is 7.11. The van der Waals surface area contributed by atoms with Crippen molar-refractivity contribution in [2.75, 3.05) is 5.32 Å². The molecule has 2 aromatic rings. The van der Waals surface area contributed by atoms with Gasteiger partial charge in [0.2, 0.25) is 0 Å². The molecular weight excluding hydrogens is 342 g/mol. The Morgan fingerprint density at radius 3 is 2.68 bits per heavy atom. The van der Waals surface area contributed by atoms with Crippen LogP contribution in [-0.2, 0) is 0 Å². The SMILES string of the molecule is C[C@@H](NC(=O)c1ccc(NC2CC2)c([N+](=O)[O-])c1)c1cccc(Cl)c1. The minimum absolute atomic E-state index is 0.0880. The van der Waals surface area contributed by atoms with Crippen LogP contribution in [-0.4, -0.2) is 16.9 Å². The van der Waals surface area contributed by atoms with E-state index in [1.54, 1.807) is 24.3 Å². The molecule has 1 fully saturated rings. The first kappa shape index (κ1) is 17.2. The highest BCUT2D eigenvalue weighted by Gasteiger charge is 2.25. The van der Waals surface area contributed by atoms with Gasteiger partial charge in [0.25, 0.3) is 11.6 Å². The van der Waals surface area contributed by atoms with Gasteiger partial charge < -0.3 is 10.6 Å². The summed E-state index contributed by atoms with van der Waals surface area (Å²) < 4.78 is 0. The first-order valence-corrected chi connectivity index (χ1v) is 8.43. The third-order valence-corrected chi connectivity index (χ3v) is 4.32. The molecule has 1 aliphatic rings. The number of halogens is 1. The van der Waals surface area contributed by atoms with Gasteiger partial charge in [0.15, 0.2) is 0 Å². The Hall–Kier alpha value is -2.60.